The lowest BCUT2D eigenvalue weighted by molar-refractivity contribution is 0.313. The van der Waals surface area contributed by atoms with Crippen molar-refractivity contribution in [2.45, 2.75) is 52.9 Å². The summed E-state index contributed by atoms with van der Waals surface area (Å²) in [5, 5.41) is 11.3. The van der Waals surface area contributed by atoms with Gasteiger partial charge in [-0.05, 0) is 65.6 Å². The fourth-order valence-corrected chi connectivity index (χ4v) is 5.19. The van der Waals surface area contributed by atoms with Gasteiger partial charge in [0.2, 0.25) is 0 Å². The Balaban J connectivity index is 1.52. The lowest BCUT2D eigenvalue weighted by Crippen LogP contribution is -2.23. The fraction of sp³-hybridized carbons (Fsp3) is 0.314. The molecule has 38 heavy (non-hydrogen) atoms. The summed E-state index contributed by atoms with van der Waals surface area (Å²) < 4.78 is 6.34. The van der Waals surface area contributed by atoms with Crippen LogP contribution in [0.4, 0.5) is 5.69 Å². The largest absolute Gasteiger partial charge is 0.507 e. The first-order valence-corrected chi connectivity index (χ1v) is 13.7. The van der Waals surface area contributed by atoms with Crippen LogP contribution < -0.4 is 9.64 Å². The van der Waals surface area contributed by atoms with E-state index in [4.69, 9.17) is 4.74 Å². The van der Waals surface area contributed by atoms with Crippen LogP contribution in [-0.2, 0) is 0 Å². The van der Waals surface area contributed by atoms with Gasteiger partial charge in [0.25, 0.3) is 0 Å². The lowest BCUT2D eigenvalue weighted by atomic mass is 9.92. The monoisotopic (exact) mass is 507 g/mol. The summed E-state index contributed by atoms with van der Waals surface area (Å²) in [6.07, 6.45) is 0.893. The average Bonchev–Trinajstić information content (AvgIpc) is 2.92. The Morgan fingerprint density at radius 1 is 0.737 bits per heavy atom. The zero-order valence-corrected chi connectivity index (χ0v) is 23.7. The van der Waals surface area contributed by atoms with Crippen molar-refractivity contribution in [3.63, 3.8) is 0 Å². The number of aromatic hydroxyl groups is 1. The topological polar surface area (TPSA) is 32.7 Å². The molecule has 1 N–H and O–H groups in total. The molecule has 0 fully saturated rings. The van der Waals surface area contributed by atoms with Crippen LogP contribution in [0.15, 0.2) is 84.9 Å². The number of ether oxygens (including phenoxy) is 1. The number of anilines is 1. The maximum absolute atomic E-state index is 11.3. The summed E-state index contributed by atoms with van der Waals surface area (Å²) in [5.41, 5.74) is 8.79. The van der Waals surface area contributed by atoms with Crippen molar-refractivity contribution in [3.8, 4) is 33.8 Å². The van der Waals surface area contributed by atoms with E-state index >= 15 is 0 Å². The van der Waals surface area contributed by atoms with E-state index in [9.17, 15) is 5.11 Å². The minimum atomic E-state index is 0.282. The number of phenolic OH excluding ortho intramolecular Hbond substituents is 1. The number of phenols is 1. The molecule has 0 aliphatic carbocycles. The predicted molar refractivity (Wildman–Crippen MR) is 162 cm³/mol. The third kappa shape index (κ3) is 6.05. The van der Waals surface area contributed by atoms with Crippen LogP contribution in [0.1, 0.15) is 62.6 Å². The Kier molecular flexibility index (Phi) is 8.78. The first kappa shape index (κ1) is 27.3. The van der Waals surface area contributed by atoms with Crippen LogP contribution in [0.25, 0.3) is 22.3 Å². The molecule has 0 heterocycles. The quantitative estimate of drug-likeness (QED) is 0.217. The minimum Gasteiger partial charge on any atom is -0.507 e. The molecule has 0 atom stereocenters. The van der Waals surface area contributed by atoms with Crippen LogP contribution in [0.2, 0.25) is 0 Å². The molecule has 0 aromatic heterocycles. The highest BCUT2D eigenvalue weighted by Gasteiger charge is 2.18. The summed E-state index contributed by atoms with van der Waals surface area (Å²) in [4.78, 5) is 2.39. The fourth-order valence-electron chi connectivity index (χ4n) is 5.19. The SMILES string of the molecule is Cc1cc(-c2ccccc2)c(O)c(-c2ccccc2OCCCN(C)c2c(C(C)C)cccc2C(C)C)c1. The number of hydrogen-bond acceptors (Lipinski definition) is 3. The Bertz CT molecular complexity index is 1330. The Morgan fingerprint density at radius 2 is 1.34 bits per heavy atom. The van der Waals surface area contributed by atoms with Gasteiger partial charge in [0.15, 0.2) is 0 Å². The summed E-state index contributed by atoms with van der Waals surface area (Å²) in [6.45, 7) is 12.6. The normalized spacial score (nSPS) is 11.3. The molecule has 4 aromatic carbocycles. The van der Waals surface area contributed by atoms with Gasteiger partial charge in [0, 0.05) is 36.0 Å². The molecular weight excluding hydrogens is 466 g/mol. The van der Waals surface area contributed by atoms with E-state index in [-0.39, 0.29) is 5.75 Å². The van der Waals surface area contributed by atoms with E-state index in [0.717, 1.165) is 46.5 Å². The van der Waals surface area contributed by atoms with Gasteiger partial charge in [0.05, 0.1) is 6.61 Å². The van der Waals surface area contributed by atoms with Crippen molar-refractivity contribution in [3.05, 3.63) is 102 Å². The van der Waals surface area contributed by atoms with Gasteiger partial charge in [-0.3, -0.25) is 0 Å². The summed E-state index contributed by atoms with van der Waals surface area (Å²) in [6, 6.07) is 28.8. The second-order valence-electron chi connectivity index (χ2n) is 10.8. The first-order valence-electron chi connectivity index (χ1n) is 13.7. The Labute approximate surface area is 228 Å². The molecule has 0 amide bonds. The van der Waals surface area contributed by atoms with E-state index in [1.165, 1.54) is 16.8 Å². The molecule has 198 valence electrons. The molecule has 3 heteroatoms. The van der Waals surface area contributed by atoms with Crippen LogP contribution in [0.3, 0.4) is 0 Å². The molecule has 0 radical (unpaired) electrons. The van der Waals surface area contributed by atoms with Crippen molar-refractivity contribution in [2.75, 3.05) is 25.1 Å². The highest BCUT2D eigenvalue weighted by atomic mass is 16.5. The second kappa shape index (κ2) is 12.2. The summed E-state index contributed by atoms with van der Waals surface area (Å²) >= 11 is 0. The first-order chi connectivity index (χ1) is 18.3. The standard InChI is InChI=1S/C35H41NO2/c1-24(2)28-17-12-18-29(25(3)4)34(28)36(6)20-13-21-38-33-19-11-10-16-30(33)32-23-26(5)22-31(35(32)37)27-14-8-7-9-15-27/h7-12,14-19,22-25,37H,13,20-21H2,1-6H3. The number of para-hydroxylation sites is 2. The number of benzene rings is 4. The van der Waals surface area contributed by atoms with E-state index in [1.54, 1.807) is 0 Å². The maximum Gasteiger partial charge on any atom is 0.131 e. The predicted octanol–water partition coefficient (Wildman–Crippen LogP) is 9.19. The molecule has 0 aliphatic heterocycles. The maximum atomic E-state index is 11.3. The molecule has 4 aromatic rings. The van der Waals surface area contributed by atoms with Gasteiger partial charge in [-0.25, -0.2) is 0 Å². The van der Waals surface area contributed by atoms with Gasteiger partial charge in [-0.1, -0.05) is 94.4 Å². The molecule has 4 rings (SSSR count). The van der Waals surface area contributed by atoms with Gasteiger partial charge in [-0.2, -0.15) is 0 Å². The molecule has 0 spiro atoms. The Hall–Kier alpha value is -3.72. The Morgan fingerprint density at radius 3 is 2.00 bits per heavy atom. The van der Waals surface area contributed by atoms with E-state index in [2.05, 4.69) is 64.8 Å². The zero-order valence-electron chi connectivity index (χ0n) is 23.7. The van der Waals surface area contributed by atoms with Crippen molar-refractivity contribution in [2.24, 2.45) is 0 Å². The van der Waals surface area contributed by atoms with Gasteiger partial charge in [-0.15, -0.1) is 0 Å². The van der Waals surface area contributed by atoms with E-state index < -0.39 is 0 Å². The molecule has 0 aliphatic rings. The third-order valence-electron chi connectivity index (χ3n) is 7.14. The highest BCUT2D eigenvalue weighted by Crippen LogP contribution is 2.42. The number of aryl methyl sites for hydroxylation is 1. The molecule has 0 bridgehead atoms. The smallest absolute Gasteiger partial charge is 0.131 e. The summed E-state index contributed by atoms with van der Waals surface area (Å²) in [7, 11) is 2.19. The lowest BCUT2D eigenvalue weighted by Gasteiger charge is -2.28. The van der Waals surface area contributed by atoms with Crippen molar-refractivity contribution >= 4 is 5.69 Å². The molecule has 0 unspecified atom stereocenters. The molecule has 3 nitrogen and oxygen atoms in total. The van der Waals surface area contributed by atoms with E-state index in [0.29, 0.717) is 18.4 Å². The van der Waals surface area contributed by atoms with Gasteiger partial charge >= 0.3 is 0 Å². The van der Waals surface area contributed by atoms with Crippen LogP contribution in [0.5, 0.6) is 11.5 Å². The highest BCUT2D eigenvalue weighted by molar-refractivity contribution is 5.85. The van der Waals surface area contributed by atoms with Crippen molar-refractivity contribution < 1.29 is 9.84 Å². The average molecular weight is 508 g/mol. The van der Waals surface area contributed by atoms with Crippen LogP contribution in [0, 0.1) is 6.92 Å². The van der Waals surface area contributed by atoms with Gasteiger partial charge < -0.3 is 14.7 Å². The van der Waals surface area contributed by atoms with Crippen molar-refractivity contribution in [1.82, 2.24) is 0 Å². The second-order valence-corrected chi connectivity index (χ2v) is 10.8. The van der Waals surface area contributed by atoms with Crippen LogP contribution >= 0.6 is 0 Å². The number of nitrogens with zero attached hydrogens (tertiary/aromatic N) is 1. The third-order valence-corrected chi connectivity index (χ3v) is 7.14. The van der Waals surface area contributed by atoms with E-state index in [1.807, 2.05) is 66.7 Å². The van der Waals surface area contributed by atoms with Crippen LogP contribution in [-0.4, -0.2) is 25.3 Å². The van der Waals surface area contributed by atoms with Gasteiger partial charge in [0.1, 0.15) is 11.5 Å². The number of hydrogen-bond donors (Lipinski definition) is 1. The number of rotatable bonds is 10. The summed E-state index contributed by atoms with van der Waals surface area (Å²) in [5.74, 6) is 2.01. The molecule has 0 saturated heterocycles. The molecular formula is C35H41NO2. The molecule has 0 saturated carbocycles. The minimum absolute atomic E-state index is 0.282. The zero-order chi connectivity index (χ0) is 27.2. The van der Waals surface area contributed by atoms with Crippen molar-refractivity contribution in [1.29, 1.82) is 0 Å².